The van der Waals surface area contributed by atoms with Crippen molar-refractivity contribution in [2.45, 2.75) is 0 Å². The second-order valence-corrected chi connectivity index (χ2v) is 8.38. The van der Waals surface area contributed by atoms with Crippen molar-refractivity contribution in [3.8, 4) is 17.1 Å². The molecule has 0 saturated carbocycles. The van der Waals surface area contributed by atoms with Gasteiger partial charge < -0.3 is 0 Å². The Labute approximate surface area is 190 Å². The predicted molar refractivity (Wildman–Crippen MR) is 137 cm³/mol. The van der Waals surface area contributed by atoms with Crippen molar-refractivity contribution in [1.82, 2.24) is 14.5 Å². The van der Waals surface area contributed by atoms with Gasteiger partial charge >= 0.3 is 0 Å². The Morgan fingerprint density at radius 2 is 1.33 bits per heavy atom. The molecule has 0 bridgehead atoms. The third-order valence-corrected chi connectivity index (χ3v) is 6.41. The quantitative estimate of drug-likeness (QED) is 0.289. The van der Waals surface area contributed by atoms with Gasteiger partial charge in [-0.1, -0.05) is 78.9 Å². The van der Waals surface area contributed by atoms with E-state index >= 15 is 0 Å². The fraction of sp³-hybridized carbons (Fsp3) is 0. The molecule has 3 nitrogen and oxygen atoms in total. The average molecular weight is 422 g/mol. The Bertz CT molecular complexity index is 1810. The molecule has 0 amide bonds. The number of fused-ring (bicyclic) bond motifs is 5. The van der Waals surface area contributed by atoms with Gasteiger partial charge in [-0.25, -0.2) is 9.97 Å². The number of hydrogen-bond donors (Lipinski definition) is 0. The summed E-state index contributed by atoms with van der Waals surface area (Å²) in [6.45, 7) is 0. The first-order valence-electron chi connectivity index (χ1n) is 11.1. The van der Waals surface area contributed by atoms with Crippen LogP contribution in [0.25, 0.3) is 60.6 Å². The summed E-state index contributed by atoms with van der Waals surface area (Å²) in [6.07, 6.45) is 1.91. The molecule has 0 unspecified atom stereocenters. The van der Waals surface area contributed by atoms with E-state index < -0.39 is 0 Å². The van der Waals surface area contributed by atoms with Crippen molar-refractivity contribution in [3.63, 3.8) is 0 Å². The zero-order valence-electron chi connectivity index (χ0n) is 17.8. The first-order valence-corrected chi connectivity index (χ1v) is 11.1. The minimum absolute atomic E-state index is 0.695. The fourth-order valence-electron chi connectivity index (χ4n) is 4.81. The normalized spacial score (nSPS) is 11.6. The zero-order valence-corrected chi connectivity index (χ0v) is 17.8. The van der Waals surface area contributed by atoms with Gasteiger partial charge in [-0.05, 0) is 52.2 Å². The van der Waals surface area contributed by atoms with Gasteiger partial charge in [-0.3, -0.25) is 4.57 Å². The molecule has 0 saturated heterocycles. The van der Waals surface area contributed by atoms with E-state index in [-0.39, 0.29) is 0 Å². The van der Waals surface area contributed by atoms with Crippen molar-refractivity contribution < 1.29 is 0 Å². The van der Waals surface area contributed by atoms with Gasteiger partial charge in [0.15, 0.2) is 0 Å². The highest BCUT2D eigenvalue weighted by atomic mass is 15.2. The summed E-state index contributed by atoms with van der Waals surface area (Å²) in [5.41, 5.74) is 5.63. The van der Waals surface area contributed by atoms with Crippen molar-refractivity contribution in [3.05, 3.63) is 115 Å². The lowest BCUT2D eigenvalue weighted by atomic mass is 10.00. The molecule has 0 N–H and O–H groups in total. The molecule has 0 aliphatic heterocycles. The molecule has 7 rings (SSSR count). The number of hydrogen-bond acceptors (Lipinski definition) is 2. The second-order valence-electron chi connectivity index (χ2n) is 8.38. The molecular formula is C30H19N3. The number of para-hydroxylation sites is 2. The lowest BCUT2D eigenvalue weighted by Crippen LogP contribution is -2.00. The van der Waals surface area contributed by atoms with Crippen LogP contribution in [0.4, 0.5) is 0 Å². The van der Waals surface area contributed by atoms with Crippen molar-refractivity contribution in [1.29, 1.82) is 0 Å². The standard InChI is InChI=1S/C30H19N3/c1-2-8-20(9-3-1)21-14-15-22-18-29-26(17-24(22)16-21)25-11-5-7-13-28(25)33(29)30-31-19-23-10-4-6-12-27(23)32-30/h1-19H. The van der Waals surface area contributed by atoms with E-state index in [0.717, 1.165) is 21.9 Å². The molecule has 0 fully saturated rings. The van der Waals surface area contributed by atoms with E-state index in [1.165, 1.54) is 32.7 Å². The van der Waals surface area contributed by atoms with Gasteiger partial charge in [-0.15, -0.1) is 0 Å². The molecule has 0 aliphatic carbocycles. The molecule has 0 atom stereocenters. The van der Waals surface area contributed by atoms with Crippen molar-refractivity contribution >= 4 is 43.5 Å². The first kappa shape index (κ1) is 18.1. The summed E-state index contributed by atoms with van der Waals surface area (Å²) in [5, 5.41) is 5.88. The van der Waals surface area contributed by atoms with Gasteiger partial charge in [0.1, 0.15) is 0 Å². The number of nitrogens with zero attached hydrogens (tertiary/aromatic N) is 3. The Hall–Kier alpha value is -4.50. The van der Waals surface area contributed by atoms with Gasteiger partial charge in [0, 0.05) is 22.4 Å². The molecule has 3 heteroatoms. The van der Waals surface area contributed by atoms with E-state index in [2.05, 4.69) is 89.5 Å². The zero-order chi connectivity index (χ0) is 21.8. The smallest absolute Gasteiger partial charge is 0.235 e. The molecule has 7 aromatic rings. The molecule has 154 valence electrons. The fourth-order valence-corrected chi connectivity index (χ4v) is 4.81. The van der Waals surface area contributed by atoms with Crippen LogP contribution >= 0.6 is 0 Å². The molecule has 0 aliphatic rings. The van der Waals surface area contributed by atoms with E-state index in [1.807, 2.05) is 30.5 Å². The molecule has 2 aromatic heterocycles. The summed E-state index contributed by atoms with van der Waals surface area (Å²) >= 11 is 0. The van der Waals surface area contributed by atoms with Crippen LogP contribution in [0.5, 0.6) is 0 Å². The maximum atomic E-state index is 4.90. The summed E-state index contributed by atoms with van der Waals surface area (Å²) in [7, 11) is 0. The van der Waals surface area contributed by atoms with Gasteiger partial charge in [0.05, 0.1) is 16.6 Å². The van der Waals surface area contributed by atoms with E-state index in [0.29, 0.717) is 5.95 Å². The minimum atomic E-state index is 0.695. The van der Waals surface area contributed by atoms with Gasteiger partial charge in [0.2, 0.25) is 5.95 Å². The molecule has 0 spiro atoms. The van der Waals surface area contributed by atoms with Crippen LogP contribution in [0.2, 0.25) is 0 Å². The average Bonchev–Trinajstić information content (AvgIpc) is 3.20. The maximum Gasteiger partial charge on any atom is 0.235 e. The Morgan fingerprint density at radius 1 is 0.515 bits per heavy atom. The number of aromatic nitrogens is 3. The predicted octanol–water partition coefficient (Wildman–Crippen LogP) is 7.55. The Kier molecular flexibility index (Phi) is 3.84. The SMILES string of the molecule is c1ccc(-c2ccc3cc4c(cc3c2)c2ccccc2n4-c2ncc3ccccc3n2)cc1. The number of benzene rings is 5. The van der Waals surface area contributed by atoms with Crippen LogP contribution < -0.4 is 0 Å². The van der Waals surface area contributed by atoms with E-state index in [4.69, 9.17) is 9.97 Å². The lowest BCUT2D eigenvalue weighted by molar-refractivity contribution is 1.01. The highest BCUT2D eigenvalue weighted by Crippen LogP contribution is 2.35. The van der Waals surface area contributed by atoms with Crippen LogP contribution in [-0.2, 0) is 0 Å². The Morgan fingerprint density at radius 3 is 2.27 bits per heavy atom. The van der Waals surface area contributed by atoms with Crippen LogP contribution in [0.1, 0.15) is 0 Å². The summed E-state index contributed by atoms with van der Waals surface area (Å²) in [4.78, 5) is 9.64. The summed E-state index contributed by atoms with van der Waals surface area (Å²) in [5.74, 6) is 0.695. The van der Waals surface area contributed by atoms with E-state index in [9.17, 15) is 0 Å². The lowest BCUT2D eigenvalue weighted by Gasteiger charge is -2.08. The van der Waals surface area contributed by atoms with E-state index in [1.54, 1.807) is 0 Å². The van der Waals surface area contributed by atoms with Crippen molar-refractivity contribution in [2.75, 3.05) is 0 Å². The third-order valence-electron chi connectivity index (χ3n) is 6.41. The maximum absolute atomic E-state index is 4.90. The topological polar surface area (TPSA) is 30.7 Å². The van der Waals surface area contributed by atoms with Crippen LogP contribution in [-0.4, -0.2) is 14.5 Å². The molecule has 0 radical (unpaired) electrons. The Balaban J connectivity index is 1.53. The first-order chi connectivity index (χ1) is 16.3. The van der Waals surface area contributed by atoms with Crippen LogP contribution in [0.15, 0.2) is 115 Å². The monoisotopic (exact) mass is 421 g/mol. The molecule has 33 heavy (non-hydrogen) atoms. The highest BCUT2D eigenvalue weighted by molar-refractivity contribution is 6.13. The molecule has 5 aromatic carbocycles. The summed E-state index contributed by atoms with van der Waals surface area (Å²) in [6, 6.07) is 38.4. The molecular weight excluding hydrogens is 402 g/mol. The number of rotatable bonds is 2. The van der Waals surface area contributed by atoms with Crippen LogP contribution in [0, 0.1) is 0 Å². The highest BCUT2D eigenvalue weighted by Gasteiger charge is 2.15. The second kappa shape index (κ2) is 7.01. The molecule has 2 heterocycles. The largest absolute Gasteiger partial charge is 0.278 e. The minimum Gasteiger partial charge on any atom is -0.278 e. The van der Waals surface area contributed by atoms with Gasteiger partial charge in [-0.2, -0.15) is 0 Å². The van der Waals surface area contributed by atoms with Crippen LogP contribution in [0.3, 0.4) is 0 Å². The summed E-state index contributed by atoms with van der Waals surface area (Å²) < 4.78 is 2.18. The third kappa shape index (κ3) is 2.83. The van der Waals surface area contributed by atoms with Crippen molar-refractivity contribution in [2.24, 2.45) is 0 Å². The van der Waals surface area contributed by atoms with Gasteiger partial charge in [0.25, 0.3) is 0 Å².